The molecular weight excluding hydrogens is 803 g/mol. The summed E-state index contributed by atoms with van der Waals surface area (Å²) in [5.41, 5.74) is 2.23. The van der Waals surface area contributed by atoms with Gasteiger partial charge in [-0.3, -0.25) is 9.59 Å². The minimum absolute atomic E-state index is 0. The van der Waals surface area contributed by atoms with Gasteiger partial charge in [0.15, 0.2) is 13.2 Å². The molecule has 2 aliphatic rings. The molecule has 0 bridgehead atoms. The summed E-state index contributed by atoms with van der Waals surface area (Å²) in [6.45, 7) is 7.12. The number of hydroxylamine groups is 2. The lowest BCUT2D eigenvalue weighted by Crippen LogP contribution is -3.00. The third-order valence-corrected chi connectivity index (χ3v) is 9.17. The minimum Gasteiger partial charge on any atom is -1.00 e. The quantitative estimate of drug-likeness (QED) is 0.0863. The highest BCUT2D eigenvalue weighted by Gasteiger charge is 2.41. The van der Waals surface area contributed by atoms with E-state index in [9.17, 15) is 19.2 Å². The first-order chi connectivity index (χ1) is 25.4. The number of amides is 3. The van der Waals surface area contributed by atoms with Crippen LogP contribution in [0.25, 0.3) is 10.9 Å². The molecule has 0 radical (unpaired) electrons. The summed E-state index contributed by atoms with van der Waals surface area (Å²) < 4.78 is 21.8. The Hall–Kier alpha value is -5.28. The highest BCUT2D eigenvalue weighted by Crippen LogP contribution is 2.29. The van der Waals surface area contributed by atoms with Crippen LogP contribution in [0, 0.1) is 5.92 Å². The number of carbonyl (C=O) groups excluding carboxylic acids is 4. The lowest BCUT2D eigenvalue weighted by molar-refractivity contribution is -0.731. The van der Waals surface area contributed by atoms with E-state index in [0.717, 1.165) is 22.0 Å². The molecule has 0 saturated carbocycles. The number of rotatable bonds is 11. The number of hydrogen-bond acceptors (Lipinski definition) is 8. The largest absolute Gasteiger partial charge is 1.00 e. The van der Waals surface area contributed by atoms with Gasteiger partial charge in [-0.25, -0.2) is 14.4 Å². The number of halogens is 1. The zero-order valence-corrected chi connectivity index (χ0v) is 32.5. The average Bonchev–Trinajstić information content (AvgIpc) is 3.57. The number of ether oxygens (including phenoxy) is 3. The number of carbonyl (C=O) groups is 4. The van der Waals surface area contributed by atoms with Gasteiger partial charge in [0.25, 0.3) is 11.8 Å². The Morgan fingerprint density at radius 3 is 1.98 bits per heavy atom. The monoisotopic (exact) mass is 844 g/mol. The van der Waals surface area contributed by atoms with Crippen LogP contribution in [0.1, 0.15) is 58.7 Å². The number of nitrogens with zero attached hydrogens (tertiary/aromatic N) is 4. The number of hydrogen-bond donors (Lipinski definition) is 0. The van der Waals surface area contributed by atoms with E-state index in [-0.39, 0.29) is 53.7 Å². The standard InChI is InChI=1S/C41H41N4O8.HI/c1-41(2,3)52-40(49)43-22-27(23-43)24-44-25-30-21-31(19-20-34(30)42(44)4)50-26-35(53-45-37(46)32-17-11-12-18-33(32)38(45)47)39(48)51-36(28-13-7-5-8-14-28)29-15-9-6-10-16-29;/h5-21,25,27,35-36H,22-24,26H2,1-4H3;1H/q+1;/p-1. The Balaban J connectivity index is 0.00000497. The first kappa shape index (κ1) is 38.4. The maximum Gasteiger partial charge on any atom is 0.410 e. The molecule has 54 heavy (non-hydrogen) atoms. The molecule has 3 heterocycles. The summed E-state index contributed by atoms with van der Waals surface area (Å²) in [5.74, 6) is -1.46. The Bertz CT molecular complexity index is 2090. The van der Waals surface area contributed by atoms with Gasteiger partial charge in [-0.05, 0) is 56.2 Å². The summed E-state index contributed by atoms with van der Waals surface area (Å²) >= 11 is 0. The Morgan fingerprint density at radius 1 is 0.833 bits per heavy atom. The minimum atomic E-state index is -1.49. The topological polar surface area (TPSA) is 120 Å². The molecule has 1 saturated heterocycles. The highest BCUT2D eigenvalue weighted by molar-refractivity contribution is 6.20. The van der Waals surface area contributed by atoms with Crippen LogP contribution < -0.4 is 33.4 Å². The van der Waals surface area contributed by atoms with E-state index >= 15 is 0 Å². The van der Waals surface area contributed by atoms with Gasteiger partial charge in [-0.1, -0.05) is 72.8 Å². The molecule has 2 aliphatic heterocycles. The van der Waals surface area contributed by atoms with Crippen molar-refractivity contribution in [3.63, 3.8) is 0 Å². The van der Waals surface area contributed by atoms with Crippen molar-refractivity contribution in [2.75, 3.05) is 19.7 Å². The highest BCUT2D eigenvalue weighted by atomic mass is 127. The molecule has 4 aromatic carbocycles. The number of esters is 1. The molecular formula is C41H41IN4O8. The second-order valence-electron chi connectivity index (χ2n) is 14.2. The van der Waals surface area contributed by atoms with Gasteiger partial charge in [-0.2, -0.15) is 4.68 Å². The third kappa shape index (κ3) is 8.26. The summed E-state index contributed by atoms with van der Waals surface area (Å²) in [6, 6.07) is 30.5. The molecule has 12 nitrogen and oxygen atoms in total. The first-order valence-corrected chi connectivity index (χ1v) is 17.5. The van der Waals surface area contributed by atoms with Crippen LogP contribution >= 0.6 is 0 Å². The summed E-state index contributed by atoms with van der Waals surface area (Å²) in [4.78, 5) is 60.5. The molecule has 0 aliphatic carbocycles. The normalized spacial score (nSPS) is 14.8. The zero-order chi connectivity index (χ0) is 37.3. The summed E-state index contributed by atoms with van der Waals surface area (Å²) in [7, 11) is 1.96. The van der Waals surface area contributed by atoms with Crippen molar-refractivity contribution >= 4 is 34.8 Å². The van der Waals surface area contributed by atoms with Gasteiger partial charge in [0.05, 0.1) is 29.3 Å². The second kappa shape index (κ2) is 16.0. The van der Waals surface area contributed by atoms with E-state index in [1.165, 1.54) is 12.1 Å². The smallest absolute Gasteiger partial charge is 0.410 e. The molecule has 13 heteroatoms. The lowest BCUT2D eigenvalue weighted by atomic mass is 10.0. The van der Waals surface area contributed by atoms with Crippen LogP contribution in [0.5, 0.6) is 5.75 Å². The first-order valence-electron chi connectivity index (χ1n) is 17.5. The average molecular weight is 845 g/mol. The van der Waals surface area contributed by atoms with E-state index in [2.05, 4.69) is 4.68 Å². The van der Waals surface area contributed by atoms with Gasteiger partial charge in [0.2, 0.25) is 11.6 Å². The lowest BCUT2D eigenvalue weighted by Gasteiger charge is -2.39. The van der Waals surface area contributed by atoms with Gasteiger partial charge < -0.3 is 43.1 Å². The van der Waals surface area contributed by atoms with E-state index < -0.39 is 35.6 Å². The van der Waals surface area contributed by atoms with Crippen molar-refractivity contribution in [2.24, 2.45) is 13.0 Å². The third-order valence-electron chi connectivity index (χ3n) is 9.17. The maximum atomic E-state index is 14.0. The molecule has 0 N–H and O–H groups in total. The number of aryl methyl sites for hydroxylation is 1. The number of imide groups is 1. The number of aromatic nitrogens is 2. The van der Waals surface area contributed by atoms with Gasteiger partial charge in [0.1, 0.15) is 18.0 Å². The molecule has 0 spiro atoms. The van der Waals surface area contributed by atoms with Crippen LogP contribution in [0.4, 0.5) is 4.79 Å². The van der Waals surface area contributed by atoms with Crippen LogP contribution in [-0.4, -0.2) is 69.9 Å². The van der Waals surface area contributed by atoms with E-state index in [1.54, 1.807) is 23.1 Å². The Labute approximate surface area is 330 Å². The van der Waals surface area contributed by atoms with E-state index in [1.807, 2.05) is 111 Å². The molecule has 1 unspecified atom stereocenters. The van der Waals surface area contributed by atoms with Crippen molar-refractivity contribution in [2.45, 2.75) is 45.1 Å². The number of benzene rings is 4. The van der Waals surface area contributed by atoms with Crippen molar-refractivity contribution in [1.82, 2.24) is 14.6 Å². The van der Waals surface area contributed by atoms with Crippen molar-refractivity contribution < 1.29 is 66.9 Å². The van der Waals surface area contributed by atoms with Crippen LogP contribution in [0.15, 0.2) is 109 Å². The maximum absolute atomic E-state index is 14.0. The van der Waals surface area contributed by atoms with Crippen molar-refractivity contribution in [1.29, 1.82) is 0 Å². The second-order valence-corrected chi connectivity index (χ2v) is 14.2. The van der Waals surface area contributed by atoms with Crippen molar-refractivity contribution in [3.8, 4) is 5.75 Å². The van der Waals surface area contributed by atoms with Crippen molar-refractivity contribution in [3.05, 3.63) is 132 Å². The molecule has 1 fully saturated rings. The molecule has 5 aromatic rings. The van der Waals surface area contributed by atoms with Crippen LogP contribution in [-0.2, 0) is 32.7 Å². The zero-order valence-electron chi connectivity index (χ0n) is 30.4. The summed E-state index contributed by atoms with van der Waals surface area (Å²) in [5, 5.41) is 1.50. The number of likely N-dealkylation sites (tertiary alicyclic amines) is 1. The summed E-state index contributed by atoms with van der Waals surface area (Å²) in [6.07, 6.45) is -0.581. The molecule has 1 atom stereocenters. The molecule has 7 rings (SSSR count). The fourth-order valence-electron chi connectivity index (χ4n) is 6.49. The Kier molecular flexibility index (Phi) is 11.4. The van der Waals surface area contributed by atoms with Gasteiger partial charge in [0, 0.05) is 25.1 Å². The van der Waals surface area contributed by atoms with E-state index in [0.29, 0.717) is 30.4 Å². The van der Waals surface area contributed by atoms with Gasteiger partial charge >= 0.3 is 12.1 Å². The Morgan fingerprint density at radius 2 is 1.41 bits per heavy atom. The predicted octanol–water partition coefficient (Wildman–Crippen LogP) is 2.64. The molecule has 280 valence electrons. The van der Waals surface area contributed by atoms with Crippen LogP contribution in [0.3, 0.4) is 0 Å². The molecule has 3 amide bonds. The fraction of sp³-hybridized carbons (Fsp3) is 0.293. The van der Waals surface area contributed by atoms with Gasteiger partial charge in [-0.15, -0.1) is 9.75 Å². The van der Waals surface area contributed by atoms with Crippen LogP contribution in [0.2, 0.25) is 0 Å². The van der Waals surface area contributed by atoms with E-state index in [4.69, 9.17) is 19.0 Å². The predicted molar refractivity (Wildman–Crippen MR) is 193 cm³/mol. The number of fused-ring (bicyclic) bond motifs is 2. The molecule has 1 aromatic heterocycles. The SMILES string of the molecule is C[n+]1c2ccc(OCC(ON3C(=O)c4ccccc4C3=O)C(=O)OC(c3ccccc3)c3ccccc3)cc2cn1CC1CN(C(=O)OC(C)(C)C)C1.[I-]. The fourth-order valence-corrected chi connectivity index (χ4v) is 6.49.